The number of fused-ring (bicyclic) bond motifs is 1. The molecule has 2 heterocycles. The third-order valence-corrected chi connectivity index (χ3v) is 4.76. The molecule has 0 saturated heterocycles. The van der Waals surface area contributed by atoms with Crippen molar-refractivity contribution >= 4 is 49.7 Å². The van der Waals surface area contributed by atoms with E-state index in [-0.39, 0.29) is 17.0 Å². The molecular weight excluding hydrogens is 314 g/mol. The Labute approximate surface area is 119 Å². The number of hydrogen-bond acceptors (Lipinski definition) is 3. The highest BCUT2D eigenvalue weighted by molar-refractivity contribution is 8.93. The molecule has 4 heteroatoms. The first-order valence-corrected chi connectivity index (χ1v) is 6.86. The van der Waals surface area contributed by atoms with Crippen LogP contribution in [0.1, 0.15) is 10.6 Å². The number of rotatable bonds is 1. The quantitative estimate of drug-likeness (QED) is 0.597. The molecule has 0 spiro atoms. The van der Waals surface area contributed by atoms with Crippen molar-refractivity contribution in [1.82, 2.24) is 4.98 Å². The molecule has 2 aromatic heterocycles. The van der Waals surface area contributed by atoms with Gasteiger partial charge in [-0.2, -0.15) is 0 Å². The van der Waals surface area contributed by atoms with E-state index in [1.807, 2.05) is 11.3 Å². The molecule has 0 aliphatic heterocycles. The Morgan fingerprint density at radius 3 is 2.53 bits per heavy atom. The summed E-state index contributed by atoms with van der Waals surface area (Å²) in [5.74, 6) is 0. The summed E-state index contributed by atoms with van der Waals surface area (Å²) in [7, 11) is 0. The summed E-state index contributed by atoms with van der Waals surface area (Å²) in [6.07, 6.45) is 0. The van der Waals surface area contributed by atoms with Gasteiger partial charge in [-0.1, -0.05) is 18.2 Å². The lowest BCUT2D eigenvalue weighted by atomic mass is 10.1. The van der Waals surface area contributed by atoms with Gasteiger partial charge in [0.2, 0.25) is 0 Å². The zero-order chi connectivity index (χ0) is 11.1. The van der Waals surface area contributed by atoms with Crippen LogP contribution >= 0.6 is 39.7 Å². The van der Waals surface area contributed by atoms with Crippen LogP contribution < -0.4 is 0 Å². The zero-order valence-corrected chi connectivity index (χ0v) is 12.9. The fourth-order valence-corrected chi connectivity index (χ4v) is 3.73. The number of benzene rings is 1. The summed E-state index contributed by atoms with van der Waals surface area (Å²) in [5, 5.41) is 4.63. The van der Waals surface area contributed by atoms with Crippen molar-refractivity contribution in [2.24, 2.45) is 0 Å². The predicted molar refractivity (Wildman–Crippen MR) is 82.7 cm³/mol. The Balaban J connectivity index is 0.00000108. The lowest BCUT2D eigenvalue weighted by Gasteiger charge is -1.93. The highest BCUT2D eigenvalue weighted by atomic mass is 79.9. The molecule has 0 unspecified atom stereocenters. The van der Waals surface area contributed by atoms with E-state index in [1.165, 1.54) is 20.5 Å². The molecule has 0 fully saturated rings. The molecule has 1 aromatic carbocycles. The van der Waals surface area contributed by atoms with Gasteiger partial charge in [0, 0.05) is 10.1 Å². The van der Waals surface area contributed by atoms with Crippen LogP contribution in [0.2, 0.25) is 0 Å². The molecule has 3 rings (SSSR count). The molecular formula is C13H12BrNS2. The monoisotopic (exact) mass is 325 g/mol. The molecule has 0 amide bonds. The van der Waals surface area contributed by atoms with Crippen molar-refractivity contribution < 1.29 is 0 Å². The highest BCUT2D eigenvalue weighted by Crippen LogP contribution is 2.37. The Morgan fingerprint density at radius 2 is 1.88 bits per heavy atom. The van der Waals surface area contributed by atoms with Gasteiger partial charge in [-0.05, 0) is 30.9 Å². The second-order valence-electron chi connectivity index (χ2n) is 3.80. The van der Waals surface area contributed by atoms with E-state index in [4.69, 9.17) is 0 Å². The van der Waals surface area contributed by atoms with Gasteiger partial charge in [-0.15, -0.1) is 39.7 Å². The topological polar surface area (TPSA) is 12.9 Å². The predicted octanol–water partition coefficient (Wildman–Crippen LogP) is 5.22. The van der Waals surface area contributed by atoms with Gasteiger partial charge in [0.15, 0.2) is 0 Å². The number of thiophene rings is 1. The normalized spacial score (nSPS) is 10.5. The summed E-state index contributed by atoms with van der Waals surface area (Å²) in [6, 6.07) is 8.55. The zero-order valence-electron chi connectivity index (χ0n) is 9.56. The van der Waals surface area contributed by atoms with Crippen molar-refractivity contribution in [3.05, 3.63) is 40.2 Å². The number of nitrogens with zero attached hydrogens (tertiary/aromatic N) is 1. The molecule has 0 saturated carbocycles. The van der Waals surface area contributed by atoms with Crippen molar-refractivity contribution in [3.63, 3.8) is 0 Å². The molecule has 3 aromatic rings. The van der Waals surface area contributed by atoms with Crippen LogP contribution in [-0.4, -0.2) is 4.98 Å². The summed E-state index contributed by atoms with van der Waals surface area (Å²) < 4.78 is 1.35. The van der Waals surface area contributed by atoms with Gasteiger partial charge in [-0.25, -0.2) is 4.98 Å². The lowest BCUT2D eigenvalue weighted by Crippen LogP contribution is -1.76. The fraction of sp³-hybridized carbons (Fsp3) is 0.154. The summed E-state index contributed by atoms with van der Waals surface area (Å²) >= 11 is 3.55. The lowest BCUT2D eigenvalue weighted by molar-refractivity contribution is 1.30. The maximum atomic E-state index is 4.57. The maximum Gasteiger partial charge on any atom is 0.0917 e. The van der Waals surface area contributed by atoms with Gasteiger partial charge in [0.1, 0.15) is 0 Å². The number of aromatic nitrogens is 1. The summed E-state index contributed by atoms with van der Waals surface area (Å²) in [5.41, 5.74) is 2.48. The molecule has 0 N–H and O–H groups in total. The second kappa shape index (κ2) is 4.88. The fourth-order valence-electron chi connectivity index (χ4n) is 1.89. The molecule has 0 aliphatic rings. The van der Waals surface area contributed by atoms with Crippen molar-refractivity contribution in [1.29, 1.82) is 0 Å². The second-order valence-corrected chi connectivity index (χ2v) is 5.92. The first-order valence-electron chi connectivity index (χ1n) is 5.16. The van der Waals surface area contributed by atoms with Gasteiger partial charge in [-0.3, -0.25) is 0 Å². The SMILES string of the molecule is Br.Cc1nc(-c2sc3ccccc3c2C)cs1. The third-order valence-electron chi connectivity index (χ3n) is 2.70. The van der Waals surface area contributed by atoms with Crippen LogP contribution in [0.15, 0.2) is 29.6 Å². The molecule has 88 valence electrons. The van der Waals surface area contributed by atoms with Crippen LogP contribution in [0, 0.1) is 13.8 Å². The average molecular weight is 326 g/mol. The van der Waals surface area contributed by atoms with Crippen LogP contribution in [0.5, 0.6) is 0 Å². The van der Waals surface area contributed by atoms with Gasteiger partial charge in [0.25, 0.3) is 0 Å². The molecule has 17 heavy (non-hydrogen) atoms. The standard InChI is InChI=1S/C13H11NS2.BrH/c1-8-10-5-3-4-6-12(10)16-13(8)11-7-15-9(2)14-11;/h3-7H,1-2H3;1H. The third kappa shape index (κ3) is 2.17. The van der Waals surface area contributed by atoms with Crippen molar-refractivity contribution in [2.45, 2.75) is 13.8 Å². The van der Waals surface area contributed by atoms with Gasteiger partial charge >= 0.3 is 0 Å². The van der Waals surface area contributed by atoms with Crippen molar-refractivity contribution in [2.75, 3.05) is 0 Å². The van der Waals surface area contributed by atoms with Crippen LogP contribution in [-0.2, 0) is 0 Å². The molecule has 0 atom stereocenters. The van der Waals surface area contributed by atoms with E-state index in [0.717, 1.165) is 10.7 Å². The Kier molecular flexibility index (Phi) is 3.66. The smallest absolute Gasteiger partial charge is 0.0917 e. The van der Waals surface area contributed by atoms with Crippen LogP contribution in [0.3, 0.4) is 0 Å². The Bertz CT molecular complexity index is 654. The minimum Gasteiger partial charge on any atom is -0.241 e. The molecule has 0 radical (unpaired) electrons. The number of halogens is 1. The molecule has 1 nitrogen and oxygen atoms in total. The molecule has 0 bridgehead atoms. The van der Waals surface area contributed by atoms with E-state index in [9.17, 15) is 0 Å². The Hall–Kier alpha value is -0.710. The minimum absolute atomic E-state index is 0. The van der Waals surface area contributed by atoms with E-state index >= 15 is 0 Å². The van der Waals surface area contributed by atoms with E-state index in [1.54, 1.807) is 11.3 Å². The van der Waals surface area contributed by atoms with Crippen LogP contribution in [0.25, 0.3) is 20.7 Å². The minimum atomic E-state index is 0. The number of hydrogen-bond donors (Lipinski definition) is 0. The Morgan fingerprint density at radius 1 is 1.12 bits per heavy atom. The number of thiazole rings is 1. The highest BCUT2D eigenvalue weighted by Gasteiger charge is 2.11. The van der Waals surface area contributed by atoms with Gasteiger partial charge < -0.3 is 0 Å². The molecule has 0 aliphatic carbocycles. The average Bonchev–Trinajstić information content (AvgIpc) is 2.84. The first-order chi connectivity index (χ1) is 7.75. The first kappa shape index (κ1) is 12.7. The largest absolute Gasteiger partial charge is 0.241 e. The van der Waals surface area contributed by atoms with E-state index in [2.05, 4.69) is 48.5 Å². The van der Waals surface area contributed by atoms with Crippen molar-refractivity contribution in [3.8, 4) is 10.6 Å². The summed E-state index contributed by atoms with van der Waals surface area (Å²) in [6.45, 7) is 4.24. The van der Waals surface area contributed by atoms with Gasteiger partial charge in [0.05, 0.1) is 15.6 Å². The maximum absolute atomic E-state index is 4.57. The summed E-state index contributed by atoms with van der Waals surface area (Å²) in [4.78, 5) is 5.88. The van der Waals surface area contributed by atoms with E-state index < -0.39 is 0 Å². The van der Waals surface area contributed by atoms with Crippen LogP contribution in [0.4, 0.5) is 0 Å². The van der Waals surface area contributed by atoms with E-state index in [0.29, 0.717) is 0 Å². The number of aryl methyl sites for hydroxylation is 2.